The molecule has 0 saturated carbocycles. The summed E-state index contributed by atoms with van der Waals surface area (Å²) in [4.78, 5) is 25.7. The number of piperazine rings is 1. The molecule has 4 nitrogen and oxygen atoms in total. The van der Waals surface area contributed by atoms with Gasteiger partial charge in [-0.3, -0.25) is 9.59 Å². The van der Waals surface area contributed by atoms with Crippen molar-refractivity contribution in [3.8, 4) is 11.1 Å². The second-order valence-electron chi connectivity index (χ2n) is 5.78. The van der Waals surface area contributed by atoms with Crippen LogP contribution in [0.15, 0.2) is 42.5 Å². The molecule has 0 aromatic heterocycles. The topological polar surface area (TPSA) is 49.4 Å². The molecule has 2 amide bonds. The average Bonchev–Trinajstić information content (AvgIpc) is 2.92. The smallest absolute Gasteiger partial charge is 0.254 e. The van der Waals surface area contributed by atoms with Crippen molar-refractivity contribution in [3.05, 3.63) is 59.2 Å². The highest BCUT2D eigenvalue weighted by Gasteiger charge is 2.24. The number of nitrogens with one attached hydrogen (secondary N) is 1. The Labute approximate surface area is 128 Å². The van der Waals surface area contributed by atoms with E-state index in [-0.39, 0.29) is 18.4 Å². The molecule has 1 fully saturated rings. The molecule has 0 atom stereocenters. The van der Waals surface area contributed by atoms with Crippen LogP contribution in [0.3, 0.4) is 0 Å². The number of fused-ring (bicyclic) bond motifs is 3. The highest BCUT2D eigenvalue weighted by atomic mass is 16.2. The van der Waals surface area contributed by atoms with Crippen LogP contribution in [0.25, 0.3) is 11.1 Å². The second-order valence-corrected chi connectivity index (χ2v) is 5.78. The van der Waals surface area contributed by atoms with E-state index >= 15 is 0 Å². The monoisotopic (exact) mass is 292 g/mol. The Hall–Kier alpha value is -2.62. The molecule has 1 aliphatic carbocycles. The van der Waals surface area contributed by atoms with Crippen molar-refractivity contribution in [3.63, 3.8) is 0 Å². The molecule has 4 heteroatoms. The third kappa shape index (κ3) is 2.08. The van der Waals surface area contributed by atoms with E-state index in [9.17, 15) is 9.59 Å². The van der Waals surface area contributed by atoms with E-state index in [2.05, 4.69) is 17.4 Å². The predicted octanol–water partition coefficient (Wildman–Crippen LogP) is 1.83. The summed E-state index contributed by atoms with van der Waals surface area (Å²) in [7, 11) is 0. The minimum Gasteiger partial charge on any atom is -0.353 e. The van der Waals surface area contributed by atoms with Crippen LogP contribution in [-0.2, 0) is 11.2 Å². The van der Waals surface area contributed by atoms with E-state index < -0.39 is 0 Å². The summed E-state index contributed by atoms with van der Waals surface area (Å²) < 4.78 is 0. The van der Waals surface area contributed by atoms with Gasteiger partial charge in [-0.05, 0) is 40.8 Å². The summed E-state index contributed by atoms with van der Waals surface area (Å²) in [5.41, 5.74) is 5.57. The van der Waals surface area contributed by atoms with Gasteiger partial charge in [0.1, 0.15) is 0 Å². The van der Waals surface area contributed by atoms with Crippen LogP contribution in [0.1, 0.15) is 21.5 Å². The molecule has 1 saturated heterocycles. The highest BCUT2D eigenvalue weighted by molar-refractivity contribution is 5.98. The molecule has 2 aliphatic rings. The van der Waals surface area contributed by atoms with E-state index in [1.807, 2.05) is 30.3 Å². The fourth-order valence-corrected chi connectivity index (χ4v) is 3.25. The molecule has 0 radical (unpaired) electrons. The number of benzene rings is 2. The number of hydrogen-bond donors (Lipinski definition) is 1. The molecule has 2 aromatic rings. The maximum Gasteiger partial charge on any atom is 0.254 e. The molecule has 1 aliphatic heterocycles. The molecule has 0 unspecified atom stereocenters. The lowest BCUT2D eigenvalue weighted by molar-refractivity contribution is -0.123. The van der Waals surface area contributed by atoms with Gasteiger partial charge in [0.25, 0.3) is 5.91 Å². The van der Waals surface area contributed by atoms with Crippen LogP contribution < -0.4 is 5.32 Å². The minimum atomic E-state index is -0.0916. The Morgan fingerprint density at radius 2 is 1.86 bits per heavy atom. The van der Waals surface area contributed by atoms with Crippen molar-refractivity contribution in [1.82, 2.24) is 10.2 Å². The lowest BCUT2D eigenvalue weighted by Gasteiger charge is -2.26. The molecule has 0 spiro atoms. The van der Waals surface area contributed by atoms with E-state index in [0.29, 0.717) is 18.7 Å². The number of carbonyl (C=O) groups is 2. The number of hydrogen-bond acceptors (Lipinski definition) is 2. The quantitative estimate of drug-likeness (QED) is 0.744. The van der Waals surface area contributed by atoms with Crippen molar-refractivity contribution in [2.45, 2.75) is 6.42 Å². The third-order valence-electron chi connectivity index (χ3n) is 4.37. The van der Waals surface area contributed by atoms with Gasteiger partial charge >= 0.3 is 0 Å². The zero-order valence-electron chi connectivity index (χ0n) is 12.1. The molecule has 110 valence electrons. The highest BCUT2D eigenvalue weighted by Crippen LogP contribution is 2.36. The van der Waals surface area contributed by atoms with Crippen molar-refractivity contribution in [1.29, 1.82) is 0 Å². The van der Waals surface area contributed by atoms with Crippen LogP contribution in [0, 0.1) is 0 Å². The van der Waals surface area contributed by atoms with E-state index in [1.165, 1.54) is 16.7 Å². The van der Waals surface area contributed by atoms with E-state index in [4.69, 9.17) is 0 Å². The summed E-state index contributed by atoms with van der Waals surface area (Å²) >= 11 is 0. The van der Waals surface area contributed by atoms with Crippen LogP contribution >= 0.6 is 0 Å². The molecule has 1 heterocycles. The van der Waals surface area contributed by atoms with Crippen molar-refractivity contribution < 1.29 is 9.59 Å². The zero-order chi connectivity index (χ0) is 15.1. The maximum absolute atomic E-state index is 12.6. The fourth-order valence-electron chi connectivity index (χ4n) is 3.25. The zero-order valence-corrected chi connectivity index (χ0v) is 12.1. The van der Waals surface area contributed by atoms with Crippen molar-refractivity contribution >= 4 is 11.8 Å². The first-order chi connectivity index (χ1) is 10.7. The molecular weight excluding hydrogens is 276 g/mol. The summed E-state index contributed by atoms with van der Waals surface area (Å²) in [6, 6.07) is 14.2. The largest absolute Gasteiger partial charge is 0.353 e. The van der Waals surface area contributed by atoms with Crippen molar-refractivity contribution in [2.75, 3.05) is 19.6 Å². The Morgan fingerprint density at radius 3 is 2.73 bits per heavy atom. The normalized spacial score (nSPS) is 16.0. The summed E-state index contributed by atoms with van der Waals surface area (Å²) in [6.45, 7) is 1.24. The number of carbonyl (C=O) groups excluding carboxylic acids is 2. The molecule has 2 aromatic carbocycles. The van der Waals surface area contributed by atoms with Crippen LogP contribution in [0.4, 0.5) is 0 Å². The maximum atomic E-state index is 12.6. The van der Waals surface area contributed by atoms with Gasteiger partial charge < -0.3 is 10.2 Å². The SMILES string of the molecule is O=C1CN(C(=O)c2ccc3c(c2)-c2ccccc2C3)CCN1. The molecular formula is C18H16N2O2. The Morgan fingerprint density at radius 1 is 1.05 bits per heavy atom. The minimum absolute atomic E-state index is 0.0676. The molecule has 1 N–H and O–H groups in total. The van der Waals surface area contributed by atoms with E-state index in [0.717, 1.165) is 12.0 Å². The lowest BCUT2D eigenvalue weighted by Crippen LogP contribution is -2.49. The van der Waals surface area contributed by atoms with Gasteiger partial charge in [0, 0.05) is 18.7 Å². The van der Waals surface area contributed by atoms with Crippen LogP contribution in [0.5, 0.6) is 0 Å². The summed E-state index contributed by atoms with van der Waals surface area (Å²) in [5.74, 6) is -0.159. The molecule has 0 bridgehead atoms. The van der Waals surface area contributed by atoms with Crippen LogP contribution in [-0.4, -0.2) is 36.3 Å². The number of rotatable bonds is 1. The van der Waals surface area contributed by atoms with Crippen molar-refractivity contribution in [2.24, 2.45) is 0 Å². The first-order valence-electron chi connectivity index (χ1n) is 7.49. The Kier molecular flexibility index (Phi) is 2.96. The first kappa shape index (κ1) is 13.1. The van der Waals surface area contributed by atoms with Gasteiger partial charge in [-0.15, -0.1) is 0 Å². The number of amides is 2. The summed E-state index contributed by atoms with van der Waals surface area (Å²) in [6.07, 6.45) is 0.923. The molecule has 4 rings (SSSR count). The van der Waals surface area contributed by atoms with Gasteiger partial charge in [0.05, 0.1) is 6.54 Å². The van der Waals surface area contributed by atoms with E-state index in [1.54, 1.807) is 4.90 Å². The first-order valence-corrected chi connectivity index (χ1v) is 7.49. The van der Waals surface area contributed by atoms with Gasteiger partial charge in [-0.2, -0.15) is 0 Å². The van der Waals surface area contributed by atoms with Gasteiger partial charge in [0.15, 0.2) is 0 Å². The van der Waals surface area contributed by atoms with Gasteiger partial charge in [-0.1, -0.05) is 30.3 Å². The Balaban J connectivity index is 1.68. The van der Waals surface area contributed by atoms with Gasteiger partial charge in [-0.25, -0.2) is 0 Å². The fraction of sp³-hybridized carbons (Fsp3) is 0.222. The third-order valence-corrected chi connectivity index (χ3v) is 4.37. The standard InChI is InChI=1S/C18H16N2O2/c21-17-11-20(8-7-19-17)18(22)14-6-5-13-9-12-3-1-2-4-15(12)16(13)10-14/h1-6,10H,7-9,11H2,(H,19,21). The van der Waals surface area contributed by atoms with Gasteiger partial charge in [0.2, 0.25) is 5.91 Å². The summed E-state index contributed by atoms with van der Waals surface area (Å²) in [5, 5.41) is 2.74. The molecule has 22 heavy (non-hydrogen) atoms. The second kappa shape index (κ2) is 4.98. The Bertz CT molecular complexity index is 782. The lowest BCUT2D eigenvalue weighted by atomic mass is 10.0. The average molecular weight is 292 g/mol. The number of nitrogens with zero attached hydrogens (tertiary/aromatic N) is 1. The predicted molar refractivity (Wildman–Crippen MR) is 83.6 cm³/mol. The van der Waals surface area contributed by atoms with Crippen LogP contribution in [0.2, 0.25) is 0 Å².